The van der Waals surface area contributed by atoms with Gasteiger partial charge in [0.25, 0.3) is 0 Å². The number of rotatable bonds is 8. The first-order valence-electron chi connectivity index (χ1n) is 9.35. The van der Waals surface area contributed by atoms with Gasteiger partial charge in [0, 0.05) is 12.6 Å². The second-order valence-corrected chi connectivity index (χ2v) is 9.23. The summed E-state index contributed by atoms with van der Waals surface area (Å²) < 4.78 is 32.6. The standard InChI is InChI=1S/C19H27NO5S/c21-19(22)18-13-16-9-4-5-10-17(16)20(18)26(23,24)12-6-11-25-14-15-7-2-1-3-8-15/h1-3,7-8,16-18H,4-6,9-14H2,(H,21,22). The lowest BCUT2D eigenvalue weighted by atomic mass is 9.85. The normalized spacial score (nSPS) is 26.5. The van der Waals surface area contributed by atoms with Gasteiger partial charge in [0.05, 0.1) is 12.4 Å². The third-order valence-corrected chi connectivity index (χ3v) is 7.41. The average Bonchev–Trinajstić information content (AvgIpc) is 3.03. The topological polar surface area (TPSA) is 83.9 Å². The molecule has 1 saturated carbocycles. The van der Waals surface area contributed by atoms with E-state index in [9.17, 15) is 18.3 Å². The van der Waals surface area contributed by atoms with Crippen molar-refractivity contribution >= 4 is 16.0 Å². The molecule has 0 bridgehead atoms. The SMILES string of the molecule is O=C(O)C1CC2CCCCC2N1S(=O)(=O)CCCOCc1ccccc1. The van der Waals surface area contributed by atoms with Crippen LogP contribution in [0.3, 0.4) is 0 Å². The summed E-state index contributed by atoms with van der Waals surface area (Å²) in [6, 6.07) is 8.68. The van der Waals surface area contributed by atoms with Crippen LogP contribution in [0.4, 0.5) is 0 Å². The number of benzene rings is 1. The van der Waals surface area contributed by atoms with Gasteiger partial charge in [-0.25, -0.2) is 8.42 Å². The van der Waals surface area contributed by atoms with Gasteiger partial charge in [-0.05, 0) is 37.2 Å². The van der Waals surface area contributed by atoms with Gasteiger partial charge in [0.2, 0.25) is 10.0 Å². The van der Waals surface area contributed by atoms with E-state index in [0.29, 0.717) is 26.1 Å². The monoisotopic (exact) mass is 381 g/mol. The Morgan fingerprint density at radius 3 is 2.65 bits per heavy atom. The molecule has 144 valence electrons. The van der Waals surface area contributed by atoms with Gasteiger partial charge in [0.1, 0.15) is 6.04 Å². The second kappa shape index (κ2) is 8.50. The Balaban J connectivity index is 1.55. The van der Waals surface area contributed by atoms with Crippen LogP contribution in [0.15, 0.2) is 30.3 Å². The highest BCUT2D eigenvalue weighted by Gasteiger charge is 2.50. The van der Waals surface area contributed by atoms with Gasteiger partial charge >= 0.3 is 5.97 Å². The van der Waals surface area contributed by atoms with Crippen LogP contribution < -0.4 is 0 Å². The van der Waals surface area contributed by atoms with Crippen LogP contribution in [-0.2, 0) is 26.2 Å². The first-order chi connectivity index (χ1) is 12.5. The molecule has 3 rings (SSSR count). The highest BCUT2D eigenvalue weighted by atomic mass is 32.2. The summed E-state index contributed by atoms with van der Waals surface area (Å²) in [6.07, 6.45) is 4.56. The number of carboxylic acids is 1. The van der Waals surface area contributed by atoms with E-state index in [4.69, 9.17) is 4.74 Å². The molecular weight excluding hydrogens is 354 g/mol. The number of carboxylic acid groups (broad SMARTS) is 1. The minimum Gasteiger partial charge on any atom is -0.480 e. The minimum atomic E-state index is -3.60. The molecule has 1 aromatic rings. The van der Waals surface area contributed by atoms with Crippen LogP contribution in [0, 0.1) is 5.92 Å². The van der Waals surface area contributed by atoms with E-state index in [0.717, 1.165) is 31.2 Å². The lowest BCUT2D eigenvalue weighted by Gasteiger charge is -2.32. The predicted molar refractivity (Wildman–Crippen MR) is 98.1 cm³/mol. The zero-order valence-electron chi connectivity index (χ0n) is 14.9. The van der Waals surface area contributed by atoms with E-state index in [2.05, 4.69) is 0 Å². The van der Waals surface area contributed by atoms with Crippen molar-refractivity contribution in [2.24, 2.45) is 5.92 Å². The molecule has 7 heteroatoms. The molecule has 0 spiro atoms. The van der Waals surface area contributed by atoms with Crippen molar-refractivity contribution < 1.29 is 23.1 Å². The number of sulfonamides is 1. The molecule has 1 saturated heterocycles. The smallest absolute Gasteiger partial charge is 0.322 e. The molecule has 1 aliphatic heterocycles. The van der Waals surface area contributed by atoms with Crippen LogP contribution in [-0.4, -0.2) is 48.2 Å². The molecule has 1 heterocycles. The Labute approximate surface area is 155 Å². The quantitative estimate of drug-likeness (QED) is 0.700. The highest BCUT2D eigenvalue weighted by Crippen LogP contribution is 2.41. The van der Waals surface area contributed by atoms with Crippen LogP contribution >= 0.6 is 0 Å². The van der Waals surface area contributed by atoms with Crippen LogP contribution in [0.5, 0.6) is 0 Å². The number of nitrogens with zero attached hydrogens (tertiary/aromatic N) is 1. The van der Waals surface area contributed by atoms with E-state index in [-0.39, 0.29) is 17.7 Å². The maximum Gasteiger partial charge on any atom is 0.322 e. The van der Waals surface area contributed by atoms with Crippen molar-refractivity contribution in [3.8, 4) is 0 Å². The Hall–Kier alpha value is -1.44. The van der Waals surface area contributed by atoms with Crippen LogP contribution in [0.1, 0.15) is 44.1 Å². The maximum atomic E-state index is 12.8. The van der Waals surface area contributed by atoms with Crippen molar-refractivity contribution in [3.05, 3.63) is 35.9 Å². The number of fused-ring (bicyclic) bond motifs is 1. The summed E-state index contributed by atoms with van der Waals surface area (Å²) in [5.74, 6) is -0.897. The number of hydrogen-bond acceptors (Lipinski definition) is 4. The molecule has 3 atom stereocenters. The average molecular weight is 381 g/mol. The zero-order chi connectivity index (χ0) is 18.6. The molecule has 1 aromatic carbocycles. The lowest BCUT2D eigenvalue weighted by Crippen LogP contribution is -2.47. The van der Waals surface area contributed by atoms with E-state index >= 15 is 0 Å². The summed E-state index contributed by atoms with van der Waals surface area (Å²) in [4.78, 5) is 11.6. The summed E-state index contributed by atoms with van der Waals surface area (Å²) in [7, 11) is -3.60. The van der Waals surface area contributed by atoms with E-state index < -0.39 is 22.0 Å². The summed E-state index contributed by atoms with van der Waals surface area (Å²) >= 11 is 0. The van der Waals surface area contributed by atoms with E-state index in [1.54, 1.807) is 0 Å². The zero-order valence-corrected chi connectivity index (χ0v) is 15.7. The van der Waals surface area contributed by atoms with Gasteiger partial charge in [-0.3, -0.25) is 4.79 Å². The molecular formula is C19H27NO5S. The Bertz CT molecular complexity index is 706. The van der Waals surface area contributed by atoms with Crippen molar-refractivity contribution in [2.75, 3.05) is 12.4 Å². The maximum absolute atomic E-state index is 12.8. The van der Waals surface area contributed by atoms with Crippen molar-refractivity contribution in [1.29, 1.82) is 0 Å². The van der Waals surface area contributed by atoms with Crippen molar-refractivity contribution in [3.63, 3.8) is 0 Å². The molecule has 2 fully saturated rings. The van der Waals surface area contributed by atoms with E-state index in [1.165, 1.54) is 4.31 Å². The van der Waals surface area contributed by atoms with Crippen molar-refractivity contribution in [2.45, 2.75) is 57.2 Å². The third-order valence-electron chi connectivity index (χ3n) is 5.44. The number of ether oxygens (including phenoxy) is 1. The van der Waals surface area contributed by atoms with Crippen molar-refractivity contribution in [1.82, 2.24) is 4.31 Å². The number of carbonyl (C=O) groups is 1. The lowest BCUT2D eigenvalue weighted by molar-refractivity contribution is -0.141. The fraction of sp³-hybridized carbons (Fsp3) is 0.632. The minimum absolute atomic E-state index is 0.0607. The molecule has 26 heavy (non-hydrogen) atoms. The van der Waals surface area contributed by atoms with E-state index in [1.807, 2.05) is 30.3 Å². The Morgan fingerprint density at radius 2 is 1.92 bits per heavy atom. The van der Waals surface area contributed by atoms with Gasteiger partial charge in [-0.2, -0.15) is 4.31 Å². The largest absolute Gasteiger partial charge is 0.480 e. The van der Waals surface area contributed by atoms with Crippen LogP contribution in [0.2, 0.25) is 0 Å². The van der Waals surface area contributed by atoms with Gasteiger partial charge in [-0.1, -0.05) is 43.2 Å². The number of hydrogen-bond donors (Lipinski definition) is 1. The molecule has 0 amide bonds. The summed E-state index contributed by atoms with van der Waals surface area (Å²) in [6.45, 7) is 0.793. The molecule has 0 aromatic heterocycles. The second-order valence-electron chi connectivity index (χ2n) is 7.24. The van der Waals surface area contributed by atoms with Gasteiger partial charge in [0.15, 0.2) is 0 Å². The fourth-order valence-electron chi connectivity index (χ4n) is 4.24. The Morgan fingerprint density at radius 1 is 1.19 bits per heavy atom. The first kappa shape index (κ1) is 19.3. The summed E-state index contributed by atoms with van der Waals surface area (Å²) in [5.41, 5.74) is 1.05. The highest BCUT2D eigenvalue weighted by molar-refractivity contribution is 7.89. The molecule has 6 nitrogen and oxygen atoms in total. The molecule has 1 aliphatic carbocycles. The molecule has 0 radical (unpaired) electrons. The molecule has 2 aliphatic rings. The summed E-state index contributed by atoms with van der Waals surface area (Å²) in [5, 5.41) is 9.50. The molecule has 3 unspecified atom stereocenters. The number of aliphatic carboxylic acids is 1. The fourth-order valence-corrected chi connectivity index (χ4v) is 6.19. The Kier molecular flexibility index (Phi) is 6.32. The molecule has 1 N–H and O–H groups in total. The van der Waals surface area contributed by atoms with Crippen LogP contribution in [0.25, 0.3) is 0 Å². The first-order valence-corrected chi connectivity index (χ1v) is 11.0. The van der Waals surface area contributed by atoms with Gasteiger partial charge in [-0.15, -0.1) is 0 Å². The third kappa shape index (κ3) is 4.45. The van der Waals surface area contributed by atoms with Gasteiger partial charge < -0.3 is 9.84 Å². The predicted octanol–water partition coefficient (Wildman–Crippen LogP) is 2.64.